The predicted octanol–water partition coefficient (Wildman–Crippen LogP) is 8.27. The van der Waals surface area contributed by atoms with Gasteiger partial charge < -0.3 is 0 Å². The molecule has 0 heteroatoms. The number of benzene rings is 2. The normalized spacial score (nSPS) is 9.15. The van der Waals surface area contributed by atoms with E-state index in [-0.39, 0.29) is 1.43 Å². The summed E-state index contributed by atoms with van der Waals surface area (Å²) in [5, 5.41) is 0. The Morgan fingerprint density at radius 3 is 1.35 bits per heavy atom. The third-order valence-electron chi connectivity index (χ3n) is 3.92. The first-order valence-corrected chi connectivity index (χ1v) is 10.1. The maximum atomic E-state index is 3.85. The minimum absolute atomic E-state index is 0. The van der Waals surface area contributed by atoms with Crippen LogP contribution in [0.25, 0.3) is 0 Å². The van der Waals surface area contributed by atoms with Gasteiger partial charge in [0.05, 0.1) is 0 Å². The van der Waals surface area contributed by atoms with Gasteiger partial charge in [0.25, 0.3) is 0 Å². The summed E-state index contributed by atoms with van der Waals surface area (Å²) in [5.41, 5.74) is 9.88. The van der Waals surface area contributed by atoms with E-state index in [0.29, 0.717) is 0 Å². The molecule has 0 radical (unpaired) electrons. The summed E-state index contributed by atoms with van der Waals surface area (Å²) >= 11 is 0. The van der Waals surface area contributed by atoms with E-state index in [9.17, 15) is 0 Å². The summed E-state index contributed by atoms with van der Waals surface area (Å²) in [7, 11) is 0. The zero-order chi connectivity index (χ0) is 19.8. The van der Waals surface area contributed by atoms with E-state index < -0.39 is 0 Å². The highest BCUT2D eigenvalue weighted by Crippen LogP contribution is 2.15. The second-order valence-electron chi connectivity index (χ2n) is 6.46. The van der Waals surface area contributed by atoms with Gasteiger partial charge in [-0.05, 0) is 56.2 Å². The van der Waals surface area contributed by atoms with Gasteiger partial charge in [0.1, 0.15) is 0 Å². The van der Waals surface area contributed by atoms with E-state index in [1.807, 2.05) is 13.8 Å². The van der Waals surface area contributed by atoms with Gasteiger partial charge in [-0.25, -0.2) is 0 Å². The molecule has 2 aromatic rings. The summed E-state index contributed by atoms with van der Waals surface area (Å²) in [6, 6.07) is 17.6. The van der Waals surface area contributed by atoms with Crippen molar-refractivity contribution in [2.75, 3.05) is 0 Å². The van der Waals surface area contributed by atoms with Crippen molar-refractivity contribution in [2.45, 2.75) is 73.6 Å². The van der Waals surface area contributed by atoms with Gasteiger partial charge in [0.2, 0.25) is 0 Å². The highest BCUT2D eigenvalue weighted by Gasteiger charge is 2.01. The second kappa shape index (κ2) is 15.2. The Kier molecular flexibility index (Phi) is 14.0. The third kappa shape index (κ3) is 10.7. The molecule has 0 amide bonds. The molecular weight excluding hydrogens is 312 g/mol. The van der Waals surface area contributed by atoms with Crippen LogP contribution >= 0.6 is 0 Å². The van der Waals surface area contributed by atoms with E-state index in [0.717, 1.165) is 25.7 Å². The molecule has 0 unspecified atom stereocenters. The molecule has 0 aliphatic heterocycles. The molecule has 0 heterocycles. The lowest BCUT2D eigenvalue weighted by Crippen LogP contribution is -1.92. The van der Waals surface area contributed by atoms with E-state index in [1.54, 1.807) is 0 Å². The average Bonchev–Trinajstić information content (AvgIpc) is 2.67. The Bertz CT molecular complexity index is 577. The third-order valence-corrected chi connectivity index (χ3v) is 3.92. The first kappa shape index (κ1) is 24.0. The number of aryl methyl sites for hydroxylation is 4. The minimum atomic E-state index is 0. The number of hydrogen-bond acceptors (Lipinski definition) is 0. The monoisotopic (exact) mass is 352 g/mol. The molecule has 144 valence electrons. The maximum Gasteiger partial charge on any atom is 0 e. The van der Waals surface area contributed by atoms with Crippen LogP contribution in [-0.4, -0.2) is 0 Å². The zero-order valence-corrected chi connectivity index (χ0v) is 17.9. The van der Waals surface area contributed by atoms with Gasteiger partial charge in [0.15, 0.2) is 0 Å². The van der Waals surface area contributed by atoms with Crippen LogP contribution in [0.3, 0.4) is 0 Å². The molecule has 0 aliphatic carbocycles. The molecule has 0 aromatic heterocycles. The van der Waals surface area contributed by atoms with E-state index in [2.05, 4.69) is 88.5 Å². The lowest BCUT2D eigenvalue weighted by atomic mass is 9.98. The Hall–Kier alpha value is -2.04. The van der Waals surface area contributed by atoms with Crippen molar-refractivity contribution in [1.82, 2.24) is 0 Å². The summed E-state index contributed by atoms with van der Waals surface area (Å²) in [4.78, 5) is 0. The Labute approximate surface area is 164 Å². The van der Waals surface area contributed by atoms with Crippen LogP contribution in [-0.2, 0) is 12.8 Å². The molecule has 0 spiro atoms. The van der Waals surface area contributed by atoms with Crippen molar-refractivity contribution in [1.29, 1.82) is 0 Å². The van der Waals surface area contributed by atoms with Crippen molar-refractivity contribution in [3.05, 3.63) is 88.7 Å². The first-order valence-electron chi connectivity index (χ1n) is 10.1. The van der Waals surface area contributed by atoms with Crippen molar-refractivity contribution in [2.24, 2.45) is 0 Å². The van der Waals surface area contributed by atoms with Crippen LogP contribution in [0.5, 0.6) is 0 Å². The molecular formula is C26H40. The fourth-order valence-electron chi connectivity index (χ4n) is 2.40. The molecule has 0 saturated heterocycles. The summed E-state index contributed by atoms with van der Waals surface area (Å²) in [6.07, 6.45) is 5.51. The number of allylic oxidation sites excluding steroid dienone is 1. The van der Waals surface area contributed by atoms with Gasteiger partial charge in [-0.1, -0.05) is 100 Å². The maximum absolute atomic E-state index is 3.85. The molecule has 0 N–H and O–H groups in total. The minimum Gasteiger partial charge on any atom is -0.130 e. The van der Waals surface area contributed by atoms with Crippen LogP contribution in [0.2, 0.25) is 0 Å². The number of rotatable bonds is 6. The quantitative estimate of drug-likeness (QED) is 0.459. The highest BCUT2D eigenvalue weighted by molar-refractivity contribution is 5.24. The van der Waals surface area contributed by atoms with Crippen LogP contribution in [0.4, 0.5) is 0 Å². The number of hydrogen-bond donors (Lipinski definition) is 0. The van der Waals surface area contributed by atoms with Gasteiger partial charge in [0, 0.05) is 1.43 Å². The molecule has 0 nitrogen and oxygen atoms in total. The molecule has 2 rings (SSSR count). The standard InChI is InChI=1S/C21H24.C3H8.C2H6.H2/c1-4-19(13-15-20-9-5-17(2)6-10-20)14-16-21-11-7-18(3)8-12-21;1-3-2;1-2;/h5-12H,1,13-16H2,2-3H3;3H2,1-2H3;1-2H3;1H. The lowest BCUT2D eigenvalue weighted by Gasteiger charge is -2.06. The Balaban J connectivity index is 0. The fourth-order valence-corrected chi connectivity index (χ4v) is 2.40. The average molecular weight is 353 g/mol. The smallest absolute Gasteiger partial charge is 0 e. The van der Waals surface area contributed by atoms with E-state index >= 15 is 0 Å². The van der Waals surface area contributed by atoms with Crippen LogP contribution < -0.4 is 0 Å². The second-order valence-corrected chi connectivity index (χ2v) is 6.46. The van der Waals surface area contributed by atoms with Crippen molar-refractivity contribution >= 4 is 0 Å². The Morgan fingerprint density at radius 1 is 0.769 bits per heavy atom. The summed E-state index contributed by atoms with van der Waals surface area (Å²) < 4.78 is 0. The summed E-state index contributed by atoms with van der Waals surface area (Å²) in [5.74, 6) is 0. The topological polar surface area (TPSA) is 0 Å². The predicted molar refractivity (Wildman–Crippen MR) is 121 cm³/mol. The van der Waals surface area contributed by atoms with Crippen LogP contribution in [0.15, 0.2) is 66.4 Å². The van der Waals surface area contributed by atoms with Crippen molar-refractivity contribution in [3.63, 3.8) is 0 Å². The van der Waals surface area contributed by atoms with Crippen LogP contribution in [0, 0.1) is 13.8 Å². The lowest BCUT2D eigenvalue weighted by molar-refractivity contribution is 0.837. The van der Waals surface area contributed by atoms with Gasteiger partial charge in [-0.15, -0.1) is 5.73 Å². The van der Waals surface area contributed by atoms with Gasteiger partial charge in [-0.3, -0.25) is 0 Å². The van der Waals surface area contributed by atoms with Crippen molar-refractivity contribution in [3.8, 4) is 0 Å². The van der Waals surface area contributed by atoms with Gasteiger partial charge >= 0.3 is 0 Å². The largest absolute Gasteiger partial charge is 0.130 e. The Morgan fingerprint density at radius 2 is 1.08 bits per heavy atom. The van der Waals surface area contributed by atoms with E-state index in [4.69, 9.17) is 0 Å². The fraction of sp³-hybridized carbons (Fsp3) is 0.423. The van der Waals surface area contributed by atoms with Crippen LogP contribution in [0.1, 0.15) is 70.6 Å². The molecule has 2 aromatic carbocycles. The van der Waals surface area contributed by atoms with Gasteiger partial charge in [-0.2, -0.15) is 0 Å². The molecule has 0 atom stereocenters. The molecule has 0 fully saturated rings. The first-order chi connectivity index (χ1) is 12.6. The highest BCUT2D eigenvalue weighted by atomic mass is 14.1. The molecule has 0 saturated carbocycles. The molecule has 0 aliphatic rings. The van der Waals surface area contributed by atoms with Crippen molar-refractivity contribution < 1.29 is 1.43 Å². The summed E-state index contributed by atoms with van der Waals surface area (Å²) in [6.45, 7) is 16.4. The van der Waals surface area contributed by atoms with E-state index in [1.165, 1.54) is 34.2 Å². The molecule has 0 bridgehead atoms. The SMILES string of the molecule is C=C=C(CCc1ccc(C)cc1)CCc1ccc(C)cc1.CC.CCC.[HH]. The zero-order valence-electron chi connectivity index (χ0n) is 17.9. The molecule has 26 heavy (non-hydrogen) atoms.